The number of fused-ring (bicyclic) bond motifs is 1. The lowest BCUT2D eigenvalue weighted by Crippen LogP contribution is -2.62. The first-order chi connectivity index (χ1) is 15.7. The minimum Gasteiger partial charge on any atom is -0.493 e. The molecule has 0 aromatic heterocycles. The number of benzene rings is 1. The van der Waals surface area contributed by atoms with E-state index >= 15 is 0 Å². The molecule has 33 heavy (non-hydrogen) atoms. The molecular formula is C23H31NO8S. The van der Waals surface area contributed by atoms with Gasteiger partial charge in [-0.25, -0.2) is 4.79 Å². The summed E-state index contributed by atoms with van der Waals surface area (Å²) in [5.41, 5.74) is 1.25. The number of likely N-dealkylation sites (N-methyl/N-ethyl adjacent to an activating group) is 1. The Kier molecular flexibility index (Phi) is 5.82. The summed E-state index contributed by atoms with van der Waals surface area (Å²) in [7, 11) is 3.79. The van der Waals surface area contributed by atoms with Gasteiger partial charge < -0.3 is 39.5 Å². The Bertz CT molecular complexity index is 945. The predicted octanol–water partition coefficient (Wildman–Crippen LogP) is 0.216. The minimum atomic E-state index is -1.69. The molecular weight excluding hydrogens is 450 g/mol. The number of nitrogens with zero attached hydrogens (tertiary/aromatic N) is 1. The van der Waals surface area contributed by atoms with Crippen LogP contribution in [0.1, 0.15) is 24.5 Å². The van der Waals surface area contributed by atoms with Gasteiger partial charge in [0.05, 0.1) is 7.11 Å². The highest BCUT2D eigenvalue weighted by Crippen LogP contribution is 2.60. The molecule has 2 fully saturated rings. The van der Waals surface area contributed by atoms with Gasteiger partial charge in [-0.3, -0.25) is 0 Å². The van der Waals surface area contributed by atoms with Gasteiger partial charge in [-0.2, -0.15) is 0 Å². The van der Waals surface area contributed by atoms with E-state index in [1.54, 1.807) is 7.11 Å². The number of aliphatic hydroxyl groups excluding tert-OH is 3. The lowest BCUT2D eigenvalue weighted by molar-refractivity contribution is -0.209. The maximum absolute atomic E-state index is 11.5. The third kappa shape index (κ3) is 3.30. The number of thioether (sulfide) groups is 1. The molecule has 9 atom stereocenters. The molecule has 4 N–H and O–H groups in total. The number of likely N-dealkylation sites (tertiary alicyclic amines) is 1. The summed E-state index contributed by atoms with van der Waals surface area (Å²) in [4.78, 5) is 13.9. The van der Waals surface area contributed by atoms with E-state index in [9.17, 15) is 25.2 Å². The van der Waals surface area contributed by atoms with Gasteiger partial charge in [-0.05, 0) is 44.0 Å². The van der Waals surface area contributed by atoms with Gasteiger partial charge in [0.15, 0.2) is 17.6 Å². The lowest BCUT2D eigenvalue weighted by Gasteiger charge is -2.54. The number of ether oxygens (including phenoxy) is 3. The molecule has 1 aromatic rings. The van der Waals surface area contributed by atoms with Crippen LogP contribution in [0.4, 0.5) is 0 Å². The van der Waals surface area contributed by atoms with E-state index in [0.717, 1.165) is 25.1 Å². The molecule has 3 heterocycles. The summed E-state index contributed by atoms with van der Waals surface area (Å²) in [5, 5.41) is 40.0. The van der Waals surface area contributed by atoms with Crippen molar-refractivity contribution in [2.75, 3.05) is 26.5 Å². The Morgan fingerprint density at radius 3 is 2.73 bits per heavy atom. The third-order valence-corrected chi connectivity index (χ3v) is 9.43. The largest absolute Gasteiger partial charge is 0.493 e. The maximum Gasteiger partial charge on any atom is 0.335 e. The van der Waals surface area contributed by atoms with Crippen molar-refractivity contribution in [1.29, 1.82) is 0 Å². The third-order valence-electron chi connectivity index (χ3n) is 8.22. The number of carboxylic acids is 1. The Labute approximate surface area is 196 Å². The van der Waals surface area contributed by atoms with Crippen LogP contribution in [0.15, 0.2) is 12.1 Å². The van der Waals surface area contributed by atoms with Crippen LogP contribution in [0.25, 0.3) is 0 Å². The average molecular weight is 482 g/mol. The quantitative estimate of drug-likeness (QED) is 0.463. The number of hydrogen-bond acceptors (Lipinski definition) is 9. The predicted molar refractivity (Wildman–Crippen MR) is 120 cm³/mol. The zero-order valence-electron chi connectivity index (χ0n) is 18.9. The molecule has 2 saturated heterocycles. The van der Waals surface area contributed by atoms with Gasteiger partial charge in [-0.15, -0.1) is 11.8 Å². The number of methoxy groups -OCH3 is 1. The summed E-state index contributed by atoms with van der Waals surface area (Å²) in [6.45, 7) is 3.20. The SMILES string of the molecule is COc1ccc2c3c1OC(CSC1OC(C(=O)O)C(O)C(O)C1O)C31CCN(C)C(C2)C1C. The number of hydrogen-bond donors (Lipinski definition) is 4. The zero-order valence-corrected chi connectivity index (χ0v) is 19.7. The van der Waals surface area contributed by atoms with Crippen molar-refractivity contribution in [3.05, 3.63) is 23.3 Å². The monoisotopic (exact) mass is 481 g/mol. The number of aliphatic carboxylic acids is 1. The standard InChI is InChI=1S/C23H31NO8S/c1-10-12-8-11-4-5-13(30-3)19-15(11)23(10,6-7-24(12)2)14(31-19)9-33-22-18(27)16(25)17(26)20(32-22)21(28)29/h4-5,10,12,14,16-18,20,22,25-27H,6-9H2,1-3H3,(H,28,29). The van der Waals surface area contributed by atoms with Crippen LogP contribution in [0.3, 0.4) is 0 Å². The molecule has 0 radical (unpaired) electrons. The second-order valence-corrected chi connectivity index (χ2v) is 10.8. The molecule has 0 amide bonds. The fraction of sp³-hybridized carbons (Fsp3) is 0.696. The summed E-state index contributed by atoms with van der Waals surface area (Å²) in [5.74, 6) is 0.840. The Morgan fingerprint density at radius 1 is 1.27 bits per heavy atom. The van der Waals surface area contributed by atoms with Gasteiger partial charge in [0.25, 0.3) is 0 Å². The van der Waals surface area contributed by atoms with E-state index in [2.05, 4.69) is 24.9 Å². The van der Waals surface area contributed by atoms with E-state index in [-0.39, 0.29) is 11.5 Å². The number of piperidine rings is 1. The zero-order chi connectivity index (χ0) is 23.7. The van der Waals surface area contributed by atoms with E-state index < -0.39 is 35.8 Å². The summed E-state index contributed by atoms with van der Waals surface area (Å²) in [6, 6.07) is 4.46. The van der Waals surface area contributed by atoms with E-state index in [1.807, 2.05) is 6.07 Å². The molecule has 182 valence electrons. The summed E-state index contributed by atoms with van der Waals surface area (Å²) in [6.07, 6.45) is -4.70. The summed E-state index contributed by atoms with van der Waals surface area (Å²) >= 11 is 1.22. The van der Waals surface area contributed by atoms with Crippen molar-refractivity contribution in [3.8, 4) is 11.5 Å². The molecule has 1 aliphatic carbocycles. The second-order valence-electron chi connectivity index (χ2n) is 9.64. The summed E-state index contributed by atoms with van der Waals surface area (Å²) < 4.78 is 17.7. The van der Waals surface area contributed by atoms with Crippen LogP contribution in [0.5, 0.6) is 11.5 Å². The van der Waals surface area contributed by atoms with E-state index in [1.165, 1.54) is 22.9 Å². The first-order valence-electron chi connectivity index (χ1n) is 11.3. The van der Waals surface area contributed by atoms with Crippen LogP contribution in [-0.4, -0.2) is 99.7 Å². The van der Waals surface area contributed by atoms with Crippen LogP contribution in [0.2, 0.25) is 0 Å². The second kappa shape index (κ2) is 8.28. The van der Waals surface area contributed by atoms with Crippen molar-refractivity contribution in [2.24, 2.45) is 5.92 Å². The molecule has 0 saturated carbocycles. The van der Waals surface area contributed by atoms with Crippen LogP contribution in [0, 0.1) is 5.92 Å². The lowest BCUT2D eigenvalue weighted by atomic mass is 9.56. The number of aliphatic hydroxyl groups is 3. The molecule has 9 nitrogen and oxygen atoms in total. The van der Waals surface area contributed by atoms with Crippen LogP contribution < -0.4 is 9.47 Å². The molecule has 1 spiro atoms. The van der Waals surface area contributed by atoms with Crippen LogP contribution in [-0.2, 0) is 21.4 Å². The van der Waals surface area contributed by atoms with Crippen molar-refractivity contribution in [3.63, 3.8) is 0 Å². The number of carboxylic acid groups (broad SMARTS) is 1. The van der Waals surface area contributed by atoms with Crippen molar-refractivity contribution in [2.45, 2.75) is 67.2 Å². The van der Waals surface area contributed by atoms with Crippen LogP contribution >= 0.6 is 11.8 Å². The molecule has 10 heteroatoms. The normalized spacial score (nSPS) is 41.9. The van der Waals surface area contributed by atoms with Gasteiger partial charge in [0.1, 0.15) is 29.9 Å². The minimum absolute atomic E-state index is 0.231. The van der Waals surface area contributed by atoms with Gasteiger partial charge in [0, 0.05) is 22.8 Å². The molecule has 3 aliphatic heterocycles. The Hall–Kier alpha value is -1.56. The number of rotatable bonds is 5. The first-order valence-corrected chi connectivity index (χ1v) is 12.4. The Morgan fingerprint density at radius 2 is 2.03 bits per heavy atom. The molecule has 5 rings (SSSR count). The molecule has 4 aliphatic rings. The number of carbonyl (C=O) groups is 1. The highest BCUT2D eigenvalue weighted by molar-refractivity contribution is 7.99. The van der Waals surface area contributed by atoms with Crippen molar-refractivity contribution in [1.82, 2.24) is 4.90 Å². The van der Waals surface area contributed by atoms with Crippen molar-refractivity contribution < 1.29 is 39.4 Å². The smallest absolute Gasteiger partial charge is 0.335 e. The highest BCUT2D eigenvalue weighted by Gasteiger charge is 2.61. The topological polar surface area (TPSA) is 129 Å². The highest BCUT2D eigenvalue weighted by atomic mass is 32.2. The van der Waals surface area contributed by atoms with Crippen molar-refractivity contribution >= 4 is 17.7 Å². The molecule has 2 bridgehead atoms. The van der Waals surface area contributed by atoms with Gasteiger partial charge >= 0.3 is 5.97 Å². The average Bonchev–Trinajstić information content (AvgIpc) is 3.12. The van der Waals surface area contributed by atoms with E-state index in [0.29, 0.717) is 23.5 Å². The van der Waals surface area contributed by atoms with E-state index in [4.69, 9.17) is 14.2 Å². The fourth-order valence-electron chi connectivity index (χ4n) is 6.37. The van der Waals surface area contributed by atoms with Gasteiger partial charge in [-0.1, -0.05) is 13.0 Å². The molecule has 1 aromatic carbocycles. The first kappa shape index (κ1) is 23.2. The molecule has 9 unspecified atom stereocenters. The maximum atomic E-state index is 11.5. The van der Waals surface area contributed by atoms with Gasteiger partial charge in [0.2, 0.25) is 0 Å². The Balaban J connectivity index is 1.45. The fourth-order valence-corrected chi connectivity index (χ4v) is 7.66.